The standard InChI is InChI=1S/C10H17Cl3N2O2/c11-10(12,13)9(17)15-8(16)2-1-7-3-5-14-6-4-7/h7,9,14,17H,1-6H2,(H,15,16). The first kappa shape index (κ1) is 15.3. The lowest BCUT2D eigenvalue weighted by Crippen LogP contribution is -2.43. The van der Waals surface area contributed by atoms with E-state index in [2.05, 4.69) is 10.6 Å². The van der Waals surface area contributed by atoms with Crippen molar-refractivity contribution in [1.29, 1.82) is 0 Å². The number of hydrogen-bond acceptors (Lipinski definition) is 3. The minimum atomic E-state index is -1.88. The lowest BCUT2D eigenvalue weighted by Gasteiger charge is -2.23. The van der Waals surface area contributed by atoms with Gasteiger partial charge in [-0.15, -0.1) is 0 Å². The Bertz CT molecular complexity index is 252. The van der Waals surface area contributed by atoms with Crippen molar-refractivity contribution in [3.63, 3.8) is 0 Å². The summed E-state index contributed by atoms with van der Waals surface area (Å²) in [7, 11) is 0. The third kappa shape index (κ3) is 6.11. The first-order valence-electron chi connectivity index (χ1n) is 5.64. The second-order valence-electron chi connectivity index (χ2n) is 4.24. The van der Waals surface area contributed by atoms with Gasteiger partial charge >= 0.3 is 0 Å². The maximum absolute atomic E-state index is 11.5. The Balaban J connectivity index is 2.20. The molecule has 0 aliphatic carbocycles. The van der Waals surface area contributed by atoms with Crippen LogP contribution in [0.3, 0.4) is 0 Å². The van der Waals surface area contributed by atoms with Gasteiger partial charge in [0, 0.05) is 6.42 Å². The average molecular weight is 304 g/mol. The number of carbonyl (C=O) groups excluding carboxylic acids is 1. The predicted octanol–water partition coefficient (Wildman–Crippen LogP) is 1.57. The van der Waals surface area contributed by atoms with E-state index in [1.54, 1.807) is 0 Å². The molecule has 0 radical (unpaired) electrons. The summed E-state index contributed by atoms with van der Waals surface area (Å²) in [6, 6.07) is 0. The molecule has 100 valence electrons. The fourth-order valence-corrected chi connectivity index (χ4v) is 1.98. The molecule has 4 nitrogen and oxygen atoms in total. The number of carbonyl (C=O) groups is 1. The van der Waals surface area contributed by atoms with Gasteiger partial charge in [0.1, 0.15) is 0 Å². The highest BCUT2D eigenvalue weighted by molar-refractivity contribution is 6.68. The summed E-state index contributed by atoms with van der Waals surface area (Å²) in [6.07, 6.45) is 1.86. The Morgan fingerprint density at radius 3 is 2.53 bits per heavy atom. The molecule has 1 fully saturated rings. The van der Waals surface area contributed by atoms with Crippen LogP contribution in [0, 0.1) is 5.92 Å². The highest BCUT2D eigenvalue weighted by atomic mass is 35.6. The number of nitrogens with one attached hydrogen (secondary N) is 2. The molecule has 0 aromatic carbocycles. The summed E-state index contributed by atoms with van der Waals surface area (Å²) >= 11 is 16.3. The Morgan fingerprint density at radius 2 is 2.00 bits per heavy atom. The Morgan fingerprint density at radius 1 is 1.41 bits per heavy atom. The van der Waals surface area contributed by atoms with Gasteiger partial charge in [0.15, 0.2) is 6.23 Å². The summed E-state index contributed by atoms with van der Waals surface area (Å²) in [4.78, 5) is 11.5. The maximum Gasteiger partial charge on any atom is 0.234 e. The van der Waals surface area contributed by atoms with E-state index in [1.165, 1.54) is 0 Å². The van der Waals surface area contributed by atoms with Gasteiger partial charge in [-0.05, 0) is 38.3 Å². The van der Waals surface area contributed by atoms with E-state index in [0.717, 1.165) is 32.4 Å². The second kappa shape index (κ2) is 7.00. The molecule has 7 heteroatoms. The molecule has 1 saturated heterocycles. The van der Waals surface area contributed by atoms with Crippen molar-refractivity contribution >= 4 is 40.7 Å². The number of amides is 1. The van der Waals surface area contributed by atoms with Crippen LogP contribution in [0.25, 0.3) is 0 Å². The van der Waals surface area contributed by atoms with Crippen LogP contribution in [0.2, 0.25) is 0 Å². The van der Waals surface area contributed by atoms with Crippen LogP contribution >= 0.6 is 34.8 Å². The van der Waals surface area contributed by atoms with Crippen LogP contribution in [0.15, 0.2) is 0 Å². The maximum atomic E-state index is 11.5. The van der Waals surface area contributed by atoms with Crippen LogP contribution in [0.1, 0.15) is 25.7 Å². The molecular weight excluding hydrogens is 286 g/mol. The van der Waals surface area contributed by atoms with Gasteiger partial charge in [0.25, 0.3) is 0 Å². The Labute approximate surface area is 116 Å². The third-order valence-corrected chi connectivity index (χ3v) is 3.47. The van der Waals surface area contributed by atoms with Crippen LogP contribution in [-0.2, 0) is 4.79 Å². The molecule has 1 heterocycles. The molecular formula is C10H17Cl3N2O2. The van der Waals surface area contributed by atoms with E-state index in [9.17, 15) is 9.90 Å². The van der Waals surface area contributed by atoms with Gasteiger partial charge in [-0.1, -0.05) is 34.8 Å². The average Bonchev–Trinajstić information content (AvgIpc) is 2.26. The number of hydrogen-bond donors (Lipinski definition) is 3. The van der Waals surface area contributed by atoms with Crippen molar-refractivity contribution in [3.05, 3.63) is 0 Å². The second-order valence-corrected chi connectivity index (χ2v) is 6.61. The molecule has 17 heavy (non-hydrogen) atoms. The zero-order valence-corrected chi connectivity index (χ0v) is 11.7. The number of rotatable bonds is 4. The van der Waals surface area contributed by atoms with Crippen molar-refractivity contribution in [2.75, 3.05) is 13.1 Å². The largest absolute Gasteiger partial charge is 0.369 e. The first-order chi connectivity index (χ1) is 7.89. The summed E-state index contributed by atoms with van der Waals surface area (Å²) in [6.45, 7) is 2.01. The zero-order chi connectivity index (χ0) is 12.9. The van der Waals surface area contributed by atoms with Crippen molar-refractivity contribution in [1.82, 2.24) is 10.6 Å². The van der Waals surface area contributed by atoms with Gasteiger partial charge in [0.2, 0.25) is 9.70 Å². The van der Waals surface area contributed by atoms with Gasteiger partial charge in [0.05, 0.1) is 0 Å². The molecule has 3 N–H and O–H groups in total. The van der Waals surface area contributed by atoms with E-state index >= 15 is 0 Å². The molecule has 1 aliphatic rings. The SMILES string of the molecule is O=C(CCC1CCNCC1)NC(O)C(Cl)(Cl)Cl. The molecule has 0 spiro atoms. The van der Waals surface area contributed by atoms with E-state index in [4.69, 9.17) is 34.8 Å². The van der Waals surface area contributed by atoms with Gasteiger partial charge < -0.3 is 15.7 Å². The quantitative estimate of drug-likeness (QED) is 0.546. The van der Waals surface area contributed by atoms with Crippen molar-refractivity contribution < 1.29 is 9.90 Å². The molecule has 1 aliphatic heterocycles. The number of aliphatic hydroxyl groups is 1. The third-order valence-electron chi connectivity index (χ3n) is 2.85. The molecule has 0 bridgehead atoms. The highest BCUT2D eigenvalue weighted by Crippen LogP contribution is 2.29. The van der Waals surface area contributed by atoms with Gasteiger partial charge in [-0.2, -0.15) is 0 Å². The van der Waals surface area contributed by atoms with Crippen LogP contribution in [0.4, 0.5) is 0 Å². The molecule has 0 aromatic rings. The van der Waals surface area contributed by atoms with Crippen molar-refractivity contribution in [2.24, 2.45) is 5.92 Å². The van der Waals surface area contributed by atoms with E-state index in [0.29, 0.717) is 12.3 Å². The van der Waals surface area contributed by atoms with Gasteiger partial charge in [-0.25, -0.2) is 0 Å². The lowest BCUT2D eigenvalue weighted by molar-refractivity contribution is -0.124. The molecule has 0 aromatic heterocycles. The lowest BCUT2D eigenvalue weighted by atomic mass is 9.93. The summed E-state index contributed by atoms with van der Waals surface area (Å²) in [5.74, 6) is 0.272. The predicted molar refractivity (Wildman–Crippen MR) is 69.3 cm³/mol. The minimum Gasteiger partial charge on any atom is -0.369 e. The summed E-state index contributed by atoms with van der Waals surface area (Å²) in [5, 5.41) is 14.9. The monoisotopic (exact) mass is 302 g/mol. The Hall–Kier alpha value is 0.260. The normalized spacial score (nSPS) is 20.0. The van der Waals surface area contributed by atoms with Crippen molar-refractivity contribution in [2.45, 2.75) is 35.7 Å². The molecule has 1 unspecified atom stereocenters. The van der Waals surface area contributed by atoms with Crippen LogP contribution in [0.5, 0.6) is 0 Å². The number of piperidine rings is 1. The smallest absolute Gasteiger partial charge is 0.234 e. The topological polar surface area (TPSA) is 61.4 Å². The summed E-state index contributed by atoms with van der Waals surface area (Å²) < 4.78 is -1.88. The summed E-state index contributed by atoms with van der Waals surface area (Å²) in [5.41, 5.74) is 0. The first-order valence-corrected chi connectivity index (χ1v) is 6.78. The van der Waals surface area contributed by atoms with Crippen LogP contribution < -0.4 is 10.6 Å². The van der Waals surface area contributed by atoms with Gasteiger partial charge in [-0.3, -0.25) is 4.79 Å². The number of halogens is 3. The van der Waals surface area contributed by atoms with E-state index in [-0.39, 0.29) is 5.91 Å². The number of aliphatic hydroxyl groups excluding tert-OH is 1. The zero-order valence-electron chi connectivity index (χ0n) is 9.39. The molecule has 1 atom stereocenters. The van der Waals surface area contributed by atoms with E-state index < -0.39 is 10.0 Å². The fourth-order valence-electron chi connectivity index (χ4n) is 1.81. The van der Waals surface area contributed by atoms with Crippen LogP contribution in [-0.4, -0.2) is 34.1 Å². The fraction of sp³-hybridized carbons (Fsp3) is 0.900. The number of alkyl halides is 3. The Kier molecular flexibility index (Phi) is 6.31. The molecule has 1 rings (SSSR count). The molecule has 1 amide bonds. The minimum absolute atomic E-state index is 0.289. The molecule has 0 saturated carbocycles. The van der Waals surface area contributed by atoms with Crippen molar-refractivity contribution in [3.8, 4) is 0 Å². The van der Waals surface area contributed by atoms with E-state index in [1.807, 2.05) is 0 Å². The highest BCUT2D eigenvalue weighted by Gasteiger charge is 2.32.